The molecule has 0 spiro atoms. The molecule has 2 saturated heterocycles. The molecule has 2 unspecified atom stereocenters. The highest BCUT2D eigenvalue weighted by molar-refractivity contribution is 5.79. The van der Waals surface area contributed by atoms with Crippen molar-refractivity contribution in [2.24, 2.45) is 5.92 Å². The third-order valence-corrected chi connectivity index (χ3v) is 4.30. The Morgan fingerprint density at radius 2 is 1.90 bits per heavy atom. The Morgan fingerprint density at radius 1 is 1.25 bits per heavy atom. The molecule has 2 atom stereocenters. The molecule has 1 amide bonds. The van der Waals surface area contributed by atoms with Crippen LogP contribution in [-0.2, 0) is 4.79 Å². The van der Waals surface area contributed by atoms with Gasteiger partial charge in [-0.05, 0) is 33.6 Å². The third kappa shape index (κ3) is 4.43. The highest BCUT2D eigenvalue weighted by Gasteiger charge is 2.30. The van der Waals surface area contributed by atoms with E-state index < -0.39 is 5.60 Å². The lowest BCUT2D eigenvalue weighted by Gasteiger charge is -2.39. The second-order valence-corrected chi connectivity index (χ2v) is 7.00. The fraction of sp³-hybridized carbons (Fsp3) is 0.933. The van der Waals surface area contributed by atoms with E-state index in [2.05, 4.69) is 17.1 Å². The molecule has 2 aliphatic rings. The van der Waals surface area contributed by atoms with Crippen molar-refractivity contribution in [2.45, 2.75) is 45.3 Å². The Hall–Kier alpha value is -0.650. The maximum atomic E-state index is 12.5. The van der Waals surface area contributed by atoms with Crippen LogP contribution >= 0.6 is 0 Å². The Kier molecular flexibility index (Phi) is 5.04. The molecule has 5 heteroatoms. The molecule has 2 heterocycles. The van der Waals surface area contributed by atoms with Gasteiger partial charge in [-0.25, -0.2) is 0 Å². The molecular weight excluding hydrogens is 254 g/mol. The fourth-order valence-corrected chi connectivity index (χ4v) is 3.14. The first-order chi connectivity index (χ1) is 9.35. The average Bonchev–Trinajstić information content (AvgIpc) is 2.38. The fourth-order valence-electron chi connectivity index (χ4n) is 3.14. The van der Waals surface area contributed by atoms with Crippen LogP contribution < -0.4 is 5.32 Å². The molecule has 116 valence electrons. The molecule has 0 bridgehead atoms. The van der Waals surface area contributed by atoms with Crippen molar-refractivity contribution in [1.82, 2.24) is 15.1 Å². The first-order valence-electron chi connectivity index (χ1n) is 7.82. The summed E-state index contributed by atoms with van der Waals surface area (Å²) >= 11 is 0. The molecule has 0 radical (unpaired) electrons. The van der Waals surface area contributed by atoms with E-state index in [1.54, 1.807) is 0 Å². The lowest BCUT2D eigenvalue weighted by atomic mass is 9.94. The Bertz CT molecular complexity index is 325. The van der Waals surface area contributed by atoms with Crippen LogP contribution in [0.2, 0.25) is 0 Å². The van der Waals surface area contributed by atoms with Crippen LogP contribution in [-0.4, -0.2) is 71.7 Å². The Morgan fingerprint density at radius 3 is 2.40 bits per heavy atom. The standard InChI is InChI=1S/C15H29N3O2/c1-12-4-5-13(10-16-12)14(19)18-8-6-17(7-9-18)11-15(2,3)20/h12-13,16,20H,4-11H2,1-3H3. The average molecular weight is 283 g/mol. The number of rotatable bonds is 3. The molecule has 5 nitrogen and oxygen atoms in total. The molecule has 2 N–H and O–H groups in total. The first-order valence-corrected chi connectivity index (χ1v) is 7.82. The second kappa shape index (κ2) is 6.41. The van der Waals surface area contributed by atoms with Gasteiger partial charge in [-0.15, -0.1) is 0 Å². The summed E-state index contributed by atoms with van der Waals surface area (Å²) in [7, 11) is 0. The summed E-state index contributed by atoms with van der Waals surface area (Å²) in [5.74, 6) is 0.472. The number of amides is 1. The lowest BCUT2D eigenvalue weighted by molar-refractivity contribution is -0.138. The minimum absolute atomic E-state index is 0.159. The van der Waals surface area contributed by atoms with Crippen molar-refractivity contribution >= 4 is 5.91 Å². The first kappa shape index (κ1) is 15.7. The van der Waals surface area contributed by atoms with E-state index in [9.17, 15) is 9.90 Å². The number of piperidine rings is 1. The molecule has 20 heavy (non-hydrogen) atoms. The van der Waals surface area contributed by atoms with Crippen molar-refractivity contribution < 1.29 is 9.90 Å². The quantitative estimate of drug-likeness (QED) is 0.782. The van der Waals surface area contributed by atoms with Crippen LogP contribution in [0.5, 0.6) is 0 Å². The molecule has 2 rings (SSSR count). The van der Waals surface area contributed by atoms with Gasteiger partial charge in [0.2, 0.25) is 5.91 Å². The number of hydrogen-bond donors (Lipinski definition) is 2. The topological polar surface area (TPSA) is 55.8 Å². The van der Waals surface area contributed by atoms with Crippen LogP contribution in [0.25, 0.3) is 0 Å². The maximum Gasteiger partial charge on any atom is 0.227 e. The van der Waals surface area contributed by atoms with E-state index in [1.165, 1.54) is 0 Å². The van der Waals surface area contributed by atoms with E-state index in [0.29, 0.717) is 18.5 Å². The Balaban J connectivity index is 1.77. The molecule has 0 aromatic heterocycles. The van der Waals surface area contributed by atoms with E-state index in [-0.39, 0.29) is 5.92 Å². The zero-order valence-electron chi connectivity index (χ0n) is 13.1. The van der Waals surface area contributed by atoms with Crippen molar-refractivity contribution in [2.75, 3.05) is 39.3 Å². The molecule has 2 aliphatic heterocycles. The molecule has 0 aromatic rings. The van der Waals surface area contributed by atoms with Gasteiger partial charge in [-0.3, -0.25) is 9.69 Å². The predicted octanol–water partition coefficient (Wildman–Crippen LogP) is 0.290. The van der Waals surface area contributed by atoms with E-state index in [1.807, 2.05) is 18.7 Å². The minimum Gasteiger partial charge on any atom is -0.389 e. The van der Waals surface area contributed by atoms with Gasteiger partial charge < -0.3 is 15.3 Å². The van der Waals surface area contributed by atoms with Gasteiger partial charge in [0.25, 0.3) is 0 Å². The summed E-state index contributed by atoms with van der Waals surface area (Å²) < 4.78 is 0. The van der Waals surface area contributed by atoms with Gasteiger partial charge in [0, 0.05) is 45.3 Å². The number of piperazine rings is 1. The number of β-amino-alcohol motifs (C(OH)–C–C–N with tert-alkyl or cyclic N) is 1. The normalized spacial score (nSPS) is 29.5. The van der Waals surface area contributed by atoms with Crippen molar-refractivity contribution in [1.29, 1.82) is 0 Å². The monoisotopic (exact) mass is 283 g/mol. The van der Waals surface area contributed by atoms with Gasteiger partial charge in [0.1, 0.15) is 0 Å². The van der Waals surface area contributed by atoms with E-state index >= 15 is 0 Å². The molecule has 2 fully saturated rings. The van der Waals surface area contributed by atoms with Crippen molar-refractivity contribution in [3.8, 4) is 0 Å². The number of carbonyl (C=O) groups excluding carboxylic acids is 1. The van der Waals surface area contributed by atoms with Crippen molar-refractivity contribution in [3.63, 3.8) is 0 Å². The number of carbonyl (C=O) groups is 1. The predicted molar refractivity (Wildman–Crippen MR) is 79.5 cm³/mol. The summed E-state index contributed by atoms with van der Waals surface area (Å²) in [4.78, 5) is 16.7. The van der Waals surface area contributed by atoms with Gasteiger partial charge in [-0.2, -0.15) is 0 Å². The highest BCUT2D eigenvalue weighted by atomic mass is 16.3. The van der Waals surface area contributed by atoms with Crippen LogP contribution in [0.4, 0.5) is 0 Å². The summed E-state index contributed by atoms with van der Waals surface area (Å²) in [5, 5.41) is 13.2. The zero-order valence-corrected chi connectivity index (χ0v) is 13.1. The molecule has 0 aliphatic carbocycles. The number of hydrogen-bond acceptors (Lipinski definition) is 4. The van der Waals surface area contributed by atoms with Crippen molar-refractivity contribution in [3.05, 3.63) is 0 Å². The van der Waals surface area contributed by atoms with E-state index in [0.717, 1.165) is 45.6 Å². The van der Waals surface area contributed by atoms with Crippen LogP contribution in [0.15, 0.2) is 0 Å². The minimum atomic E-state index is -0.657. The molecule has 0 saturated carbocycles. The number of aliphatic hydroxyl groups is 1. The van der Waals surface area contributed by atoms with Crippen LogP contribution in [0.3, 0.4) is 0 Å². The van der Waals surface area contributed by atoms with Gasteiger partial charge in [0.15, 0.2) is 0 Å². The van der Waals surface area contributed by atoms with Gasteiger partial charge >= 0.3 is 0 Å². The number of nitrogens with zero attached hydrogens (tertiary/aromatic N) is 2. The SMILES string of the molecule is CC1CCC(C(=O)N2CCN(CC(C)(C)O)CC2)CN1. The van der Waals surface area contributed by atoms with Gasteiger partial charge in [-0.1, -0.05) is 0 Å². The molecular formula is C15H29N3O2. The smallest absolute Gasteiger partial charge is 0.227 e. The third-order valence-electron chi connectivity index (χ3n) is 4.30. The summed E-state index contributed by atoms with van der Waals surface area (Å²) in [6, 6.07) is 0.544. The Labute approximate surface area is 122 Å². The number of nitrogens with one attached hydrogen (secondary N) is 1. The van der Waals surface area contributed by atoms with Gasteiger partial charge in [0.05, 0.1) is 11.5 Å². The van der Waals surface area contributed by atoms with E-state index in [4.69, 9.17) is 0 Å². The summed E-state index contributed by atoms with van der Waals surface area (Å²) in [6.07, 6.45) is 2.10. The van der Waals surface area contributed by atoms with Crippen LogP contribution in [0, 0.1) is 5.92 Å². The summed E-state index contributed by atoms with van der Waals surface area (Å²) in [6.45, 7) is 10.7. The zero-order chi connectivity index (χ0) is 14.8. The summed E-state index contributed by atoms with van der Waals surface area (Å²) in [5.41, 5.74) is -0.657. The van der Waals surface area contributed by atoms with Crippen LogP contribution in [0.1, 0.15) is 33.6 Å². The highest BCUT2D eigenvalue weighted by Crippen LogP contribution is 2.18. The maximum absolute atomic E-state index is 12.5. The molecule has 0 aromatic carbocycles. The lowest BCUT2D eigenvalue weighted by Crippen LogP contribution is -2.54. The largest absolute Gasteiger partial charge is 0.389 e. The second-order valence-electron chi connectivity index (χ2n) is 7.00.